The molecule has 0 bridgehead atoms. The number of piperidine rings is 1. The van der Waals surface area contributed by atoms with Crippen LogP contribution in [0.2, 0.25) is 0 Å². The van der Waals surface area contributed by atoms with Crippen LogP contribution in [-0.2, 0) is 0 Å². The van der Waals surface area contributed by atoms with Crippen LogP contribution in [0.25, 0.3) is 0 Å². The summed E-state index contributed by atoms with van der Waals surface area (Å²) in [5.74, 6) is 1.74. The number of rotatable bonds is 2. The quantitative estimate of drug-likeness (QED) is 0.655. The summed E-state index contributed by atoms with van der Waals surface area (Å²) in [6, 6.07) is 0. The van der Waals surface area contributed by atoms with Crippen LogP contribution >= 0.6 is 0 Å². The Kier molecular flexibility index (Phi) is 3.42. The fourth-order valence-corrected chi connectivity index (χ4v) is 3.58. The predicted molar refractivity (Wildman–Crippen MR) is 75.4 cm³/mol. The Balaban J connectivity index is 1.86. The van der Waals surface area contributed by atoms with Crippen LogP contribution in [0.5, 0.6) is 0 Å². The topological polar surface area (TPSA) is 98.2 Å². The maximum Gasteiger partial charge on any atom is 0.353 e. The van der Waals surface area contributed by atoms with Gasteiger partial charge in [0.05, 0.1) is 4.92 Å². The van der Waals surface area contributed by atoms with E-state index in [4.69, 9.17) is 5.73 Å². The summed E-state index contributed by atoms with van der Waals surface area (Å²) in [5, 5.41) is 11.2. The summed E-state index contributed by atoms with van der Waals surface area (Å²) in [7, 11) is 0. The van der Waals surface area contributed by atoms with Gasteiger partial charge >= 0.3 is 5.69 Å². The van der Waals surface area contributed by atoms with E-state index in [-0.39, 0.29) is 11.5 Å². The number of nitrogens with two attached hydrogens (primary N) is 1. The fraction of sp³-hybridized carbons (Fsp3) is 0.692. The Labute approximate surface area is 117 Å². The average molecular weight is 277 g/mol. The molecule has 0 amide bonds. The molecule has 3 rings (SSSR count). The van der Waals surface area contributed by atoms with Gasteiger partial charge in [-0.1, -0.05) is 19.3 Å². The largest absolute Gasteiger partial charge is 0.378 e. The van der Waals surface area contributed by atoms with Gasteiger partial charge in [0.2, 0.25) is 11.6 Å². The van der Waals surface area contributed by atoms with Crippen molar-refractivity contribution in [3.05, 3.63) is 16.4 Å². The predicted octanol–water partition coefficient (Wildman–Crippen LogP) is 1.98. The van der Waals surface area contributed by atoms with Crippen LogP contribution in [0, 0.1) is 22.0 Å². The highest BCUT2D eigenvalue weighted by molar-refractivity contribution is 5.68. The van der Waals surface area contributed by atoms with E-state index in [0.717, 1.165) is 25.4 Å². The lowest BCUT2D eigenvalue weighted by molar-refractivity contribution is -0.383. The smallest absolute Gasteiger partial charge is 0.353 e. The van der Waals surface area contributed by atoms with E-state index in [1.165, 1.54) is 32.0 Å². The van der Waals surface area contributed by atoms with E-state index in [1.54, 1.807) is 0 Å². The van der Waals surface area contributed by atoms with Gasteiger partial charge in [0.25, 0.3) is 0 Å². The molecule has 2 fully saturated rings. The number of hydrogen-bond donors (Lipinski definition) is 1. The van der Waals surface area contributed by atoms with Crippen molar-refractivity contribution in [3.8, 4) is 0 Å². The first-order chi connectivity index (χ1) is 9.66. The molecule has 0 aromatic carbocycles. The molecule has 20 heavy (non-hydrogen) atoms. The lowest BCUT2D eigenvalue weighted by Gasteiger charge is -2.41. The Bertz CT molecular complexity index is 521. The van der Waals surface area contributed by atoms with Crippen LogP contribution in [-0.4, -0.2) is 28.0 Å². The van der Waals surface area contributed by atoms with Gasteiger partial charge in [-0.05, 0) is 24.7 Å². The van der Waals surface area contributed by atoms with Crippen LogP contribution < -0.4 is 10.6 Å². The van der Waals surface area contributed by atoms with E-state index >= 15 is 0 Å². The van der Waals surface area contributed by atoms with Gasteiger partial charge in [0.1, 0.15) is 6.33 Å². The molecular formula is C13H19N5O2. The number of nitrogen functional groups attached to an aromatic ring is 1. The Hall–Kier alpha value is -1.92. The number of anilines is 2. The third-order valence-corrected chi connectivity index (χ3v) is 4.60. The van der Waals surface area contributed by atoms with E-state index in [9.17, 15) is 10.1 Å². The molecule has 1 saturated carbocycles. The molecule has 2 atom stereocenters. The molecule has 2 N–H and O–H groups in total. The average Bonchev–Trinajstić information content (AvgIpc) is 2.46. The van der Waals surface area contributed by atoms with E-state index < -0.39 is 4.92 Å². The molecule has 1 saturated heterocycles. The fourth-order valence-electron chi connectivity index (χ4n) is 3.58. The number of fused-ring (bicyclic) bond motifs is 1. The molecule has 2 aliphatic rings. The van der Waals surface area contributed by atoms with E-state index in [0.29, 0.717) is 11.7 Å². The van der Waals surface area contributed by atoms with E-state index in [2.05, 4.69) is 9.97 Å². The summed E-state index contributed by atoms with van der Waals surface area (Å²) in [4.78, 5) is 20.6. The molecule has 1 aliphatic carbocycles. The number of nitro groups is 1. The number of nitrogens with zero attached hydrogens (tertiary/aromatic N) is 4. The maximum atomic E-state index is 11.2. The van der Waals surface area contributed by atoms with Gasteiger partial charge in [0.15, 0.2) is 0 Å². The molecule has 0 spiro atoms. The van der Waals surface area contributed by atoms with Crippen LogP contribution in [0.4, 0.5) is 17.3 Å². The van der Waals surface area contributed by atoms with Crippen molar-refractivity contribution in [1.82, 2.24) is 9.97 Å². The Morgan fingerprint density at radius 2 is 2.00 bits per heavy atom. The molecule has 1 aliphatic heterocycles. The number of aromatic nitrogens is 2. The normalized spacial score (nSPS) is 26.1. The van der Waals surface area contributed by atoms with Crippen molar-refractivity contribution in [2.75, 3.05) is 23.7 Å². The molecule has 0 radical (unpaired) electrons. The molecule has 7 nitrogen and oxygen atoms in total. The molecule has 7 heteroatoms. The summed E-state index contributed by atoms with van der Waals surface area (Å²) >= 11 is 0. The zero-order valence-electron chi connectivity index (χ0n) is 11.4. The second-order valence-corrected chi connectivity index (χ2v) is 5.73. The maximum absolute atomic E-state index is 11.2. The van der Waals surface area contributed by atoms with Crippen molar-refractivity contribution in [3.63, 3.8) is 0 Å². The van der Waals surface area contributed by atoms with Crippen molar-refractivity contribution in [1.29, 1.82) is 0 Å². The third kappa shape index (κ3) is 2.28. The lowest BCUT2D eigenvalue weighted by Crippen LogP contribution is -2.42. The van der Waals surface area contributed by atoms with Gasteiger partial charge in [0, 0.05) is 13.1 Å². The Morgan fingerprint density at radius 3 is 2.75 bits per heavy atom. The zero-order chi connectivity index (χ0) is 14.1. The summed E-state index contributed by atoms with van der Waals surface area (Å²) in [6.07, 6.45) is 7.50. The monoisotopic (exact) mass is 277 g/mol. The molecular weight excluding hydrogens is 258 g/mol. The second kappa shape index (κ2) is 5.22. The first kappa shape index (κ1) is 13.1. The van der Waals surface area contributed by atoms with Gasteiger partial charge in [-0.3, -0.25) is 10.1 Å². The molecule has 2 unspecified atom stereocenters. The molecule has 108 valence electrons. The lowest BCUT2D eigenvalue weighted by atomic mass is 9.75. The number of hydrogen-bond acceptors (Lipinski definition) is 6. The van der Waals surface area contributed by atoms with Gasteiger partial charge in [-0.2, -0.15) is 0 Å². The minimum Gasteiger partial charge on any atom is -0.378 e. The minimum absolute atomic E-state index is 0.0502. The van der Waals surface area contributed by atoms with Crippen LogP contribution in [0.15, 0.2) is 6.33 Å². The molecule has 1 aromatic rings. The van der Waals surface area contributed by atoms with Gasteiger partial charge in [-0.15, -0.1) is 0 Å². The van der Waals surface area contributed by atoms with Crippen LogP contribution in [0.1, 0.15) is 32.1 Å². The zero-order valence-corrected chi connectivity index (χ0v) is 11.4. The summed E-state index contributed by atoms with van der Waals surface area (Å²) in [6.45, 7) is 1.67. The summed E-state index contributed by atoms with van der Waals surface area (Å²) in [5.41, 5.74) is 5.49. The highest BCUT2D eigenvalue weighted by Gasteiger charge is 2.34. The minimum atomic E-state index is -0.475. The highest BCUT2D eigenvalue weighted by Crippen LogP contribution is 2.39. The van der Waals surface area contributed by atoms with Gasteiger partial charge in [-0.25, -0.2) is 9.97 Å². The summed E-state index contributed by atoms with van der Waals surface area (Å²) < 4.78 is 0. The van der Waals surface area contributed by atoms with Crippen molar-refractivity contribution in [2.24, 2.45) is 11.8 Å². The standard InChI is InChI=1S/C13H19N5O2/c14-12-11(18(19)20)13(16-8-15-12)17-6-5-9-3-1-2-4-10(9)7-17/h8-10H,1-7H2,(H2,14,15,16). The van der Waals surface area contributed by atoms with Crippen LogP contribution in [0.3, 0.4) is 0 Å². The SMILES string of the molecule is Nc1ncnc(N2CCC3CCCCC3C2)c1[N+](=O)[O-]. The van der Waals surface area contributed by atoms with Crippen molar-refractivity contribution in [2.45, 2.75) is 32.1 Å². The van der Waals surface area contributed by atoms with E-state index in [1.807, 2.05) is 4.90 Å². The van der Waals surface area contributed by atoms with Gasteiger partial charge < -0.3 is 10.6 Å². The first-order valence-electron chi connectivity index (χ1n) is 7.16. The second-order valence-electron chi connectivity index (χ2n) is 5.73. The first-order valence-corrected chi connectivity index (χ1v) is 7.16. The Morgan fingerprint density at radius 1 is 1.25 bits per heavy atom. The third-order valence-electron chi connectivity index (χ3n) is 4.60. The van der Waals surface area contributed by atoms with Crippen molar-refractivity contribution < 1.29 is 4.92 Å². The molecule has 1 aromatic heterocycles. The van der Waals surface area contributed by atoms with Crippen molar-refractivity contribution >= 4 is 17.3 Å². The highest BCUT2D eigenvalue weighted by atomic mass is 16.6. The molecule has 2 heterocycles.